The second-order valence-electron chi connectivity index (χ2n) is 3.73. The van der Waals surface area contributed by atoms with E-state index in [1.54, 1.807) is 6.20 Å². The molecule has 0 spiro atoms. The van der Waals surface area contributed by atoms with Crippen LogP contribution in [0.1, 0.15) is 18.6 Å². The summed E-state index contributed by atoms with van der Waals surface area (Å²) < 4.78 is 10.7. The lowest BCUT2D eigenvalue weighted by Crippen LogP contribution is -1.99. The van der Waals surface area contributed by atoms with Gasteiger partial charge in [-0.15, -0.1) is 0 Å². The molecule has 19 heavy (non-hydrogen) atoms. The van der Waals surface area contributed by atoms with Crippen LogP contribution in [0.25, 0.3) is 0 Å². The van der Waals surface area contributed by atoms with Gasteiger partial charge in [0.2, 0.25) is 5.89 Å². The first kappa shape index (κ1) is 13.4. The Balaban J connectivity index is 2.14. The van der Waals surface area contributed by atoms with Crippen molar-refractivity contribution in [2.75, 3.05) is 0 Å². The highest BCUT2D eigenvalue weighted by atomic mass is 35.5. The topological polar surface area (TPSA) is 78.4 Å². The van der Waals surface area contributed by atoms with E-state index < -0.39 is 4.92 Å². The molecule has 0 radical (unpaired) electrons. The number of nitro benzene ring substituents is 1. The standard InChI is InChI=1S/C12H11ClN2O4/c1-2-9-6-14-12(19-9)7-18-11-5-8(13)3-4-10(11)15(16)17/h3-6H,2,7H2,1H3. The molecule has 0 aliphatic carbocycles. The molecule has 1 aromatic heterocycles. The van der Waals surface area contributed by atoms with Gasteiger partial charge in [-0.2, -0.15) is 0 Å². The van der Waals surface area contributed by atoms with Crippen LogP contribution in [-0.2, 0) is 13.0 Å². The largest absolute Gasteiger partial charge is 0.477 e. The molecule has 0 saturated carbocycles. The Morgan fingerprint density at radius 1 is 1.53 bits per heavy atom. The van der Waals surface area contributed by atoms with Crippen molar-refractivity contribution in [2.45, 2.75) is 20.0 Å². The highest BCUT2D eigenvalue weighted by Gasteiger charge is 2.16. The van der Waals surface area contributed by atoms with Crippen LogP contribution in [0.4, 0.5) is 5.69 Å². The summed E-state index contributed by atoms with van der Waals surface area (Å²) in [6.07, 6.45) is 2.33. The summed E-state index contributed by atoms with van der Waals surface area (Å²) in [5.41, 5.74) is -0.147. The fourth-order valence-electron chi connectivity index (χ4n) is 1.47. The Labute approximate surface area is 114 Å². The predicted octanol–water partition coefficient (Wildman–Crippen LogP) is 3.38. The van der Waals surface area contributed by atoms with E-state index in [1.165, 1.54) is 18.2 Å². The van der Waals surface area contributed by atoms with Crippen LogP contribution in [0.2, 0.25) is 5.02 Å². The van der Waals surface area contributed by atoms with Crippen LogP contribution in [-0.4, -0.2) is 9.91 Å². The van der Waals surface area contributed by atoms with Crippen molar-refractivity contribution in [3.8, 4) is 5.75 Å². The van der Waals surface area contributed by atoms with E-state index in [-0.39, 0.29) is 18.0 Å². The lowest BCUT2D eigenvalue weighted by atomic mass is 10.3. The summed E-state index contributed by atoms with van der Waals surface area (Å²) in [5, 5.41) is 11.2. The zero-order valence-corrected chi connectivity index (χ0v) is 10.9. The Hall–Kier alpha value is -2.08. The molecule has 0 N–H and O–H groups in total. The Morgan fingerprint density at radius 2 is 2.32 bits per heavy atom. The van der Waals surface area contributed by atoms with E-state index >= 15 is 0 Å². The molecular weight excluding hydrogens is 272 g/mol. The van der Waals surface area contributed by atoms with Gasteiger partial charge in [-0.3, -0.25) is 10.1 Å². The van der Waals surface area contributed by atoms with Gasteiger partial charge in [0, 0.05) is 23.6 Å². The highest BCUT2D eigenvalue weighted by Crippen LogP contribution is 2.30. The van der Waals surface area contributed by atoms with Crippen LogP contribution < -0.4 is 4.74 Å². The first-order chi connectivity index (χ1) is 9.10. The zero-order chi connectivity index (χ0) is 13.8. The van der Waals surface area contributed by atoms with Crippen LogP contribution >= 0.6 is 11.6 Å². The molecule has 0 aliphatic rings. The minimum absolute atomic E-state index is 0.0151. The van der Waals surface area contributed by atoms with Crippen molar-refractivity contribution in [3.05, 3.63) is 51.2 Å². The second kappa shape index (κ2) is 5.71. The number of hydrogen-bond acceptors (Lipinski definition) is 5. The van der Waals surface area contributed by atoms with E-state index in [0.717, 1.165) is 12.2 Å². The first-order valence-corrected chi connectivity index (χ1v) is 5.98. The molecular formula is C12H11ClN2O4. The van der Waals surface area contributed by atoms with Crippen LogP contribution in [0, 0.1) is 10.1 Å². The van der Waals surface area contributed by atoms with Crippen LogP contribution in [0.5, 0.6) is 5.75 Å². The molecule has 0 aliphatic heterocycles. The molecule has 100 valence electrons. The summed E-state index contributed by atoms with van der Waals surface area (Å²) >= 11 is 5.79. The maximum Gasteiger partial charge on any atom is 0.311 e. The highest BCUT2D eigenvalue weighted by molar-refractivity contribution is 6.30. The monoisotopic (exact) mass is 282 g/mol. The van der Waals surface area contributed by atoms with Crippen molar-refractivity contribution in [1.29, 1.82) is 0 Å². The van der Waals surface area contributed by atoms with Gasteiger partial charge in [0.05, 0.1) is 11.1 Å². The van der Waals surface area contributed by atoms with Gasteiger partial charge in [0.15, 0.2) is 12.4 Å². The molecule has 0 unspecified atom stereocenters. The molecule has 0 bridgehead atoms. The van der Waals surface area contributed by atoms with Gasteiger partial charge in [-0.25, -0.2) is 4.98 Å². The molecule has 0 amide bonds. The number of oxazole rings is 1. The maximum absolute atomic E-state index is 10.8. The third-order valence-electron chi connectivity index (χ3n) is 2.42. The van der Waals surface area contributed by atoms with Gasteiger partial charge in [0.1, 0.15) is 5.76 Å². The van der Waals surface area contributed by atoms with Gasteiger partial charge < -0.3 is 9.15 Å². The summed E-state index contributed by atoms with van der Waals surface area (Å²) in [7, 11) is 0. The molecule has 0 saturated heterocycles. The fourth-order valence-corrected chi connectivity index (χ4v) is 1.63. The third-order valence-corrected chi connectivity index (χ3v) is 2.65. The fraction of sp³-hybridized carbons (Fsp3) is 0.250. The summed E-state index contributed by atoms with van der Waals surface area (Å²) in [5.74, 6) is 1.19. The van der Waals surface area contributed by atoms with Crippen molar-refractivity contribution in [2.24, 2.45) is 0 Å². The number of ether oxygens (including phenoxy) is 1. The van der Waals surface area contributed by atoms with E-state index in [9.17, 15) is 10.1 Å². The lowest BCUT2D eigenvalue weighted by molar-refractivity contribution is -0.386. The molecule has 7 heteroatoms. The number of aryl methyl sites for hydroxylation is 1. The molecule has 1 heterocycles. The number of hydrogen-bond donors (Lipinski definition) is 0. The second-order valence-corrected chi connectivity index (χ2v) is 4.17. The Kier molecular flexibility index (Phi) is 4.01. The van der Waals surface area contributed by atoms with Gasteiger partial charge in [-0.05, 0) is 6.07 Å². The van der Waals surface area contributed by atoms with Gasteiger partial charge in [0.25, 0.3) is 0 Å². The molecule has 0 atom stereocenters. The molecule has 2 aromatic rings. The van der Waals surface area contributed by atoms with E-state index in [0.29, 0.717) is 10.9 Å². The maximum atomic E-state index is 10.8. The first-order valence-electron chi connectivity index (χ1n) is 5.60. The number of halogens is 1. The van der Waals surface area contributed by atoms with Crippen molar-refractivity contribution < 1.29 is 14.1 Å². The smallest absolute Gasteiger partial charge is 0.311 e. The average molecular weight is 283 g/mol. The SMILES string of the molecule is CCc1cnc(COc2cc(Cl)ccc2[N+](=O)[O-])o1. The number of nitro groups is 1. The normalized spacial score (nSPS) is 10.4. The zero-order valence-electron chi connectivity index (χ0n) is 10.1. The summed E-state index contributed by atoms with van der Waals surface area (Å²) in [4.78, 5) is 14.3. The van der Waals surface area contributed by atoms with Crippen molar-refractivity contribution >= 4 is 17.3 Å². The van der Waals surface area contributed by atoms with Crippen LogP contribution in [0.3, 0.4) is 0 Å². The van der Waals surface area contributed by atoms with Crippen LogP contribution in [0.15, 0.2) is 28.8 Å². The lowest BCUT2D eigenvalue weighted by Gasteiger charge is -2.04. The van der Waals surface area contributed by atoms with Crippen molar-refractivity contribution in [3.63, 3.8) is 0 Å². The molecule has 1 aromatic carbocycles. The molecule has 6 nitrogen and oxygen atoms in total. The van der Waals surface area contributed by atoms with Gasteiger partial charge >= 0.3 is 5.69 Å². The number of benzene rings is 1. The third kappa shape index (κ3) is 3.23. The molecule has 2 rings (SSSR count). The number of rotatable bonds is 5. The quantitative estimate of drug-likeness (QED) is 0.620. The predicted molar refractivity (Wildman–Crippen MR) is 68.3 cm³/mol. The van der Waals surface area contributed by atoms with E-state index in [2.05, 4.69) is 4.98 Å². The van der Waals surface area contributed by atoms with Gasteiger partial charge in [-0.1, -0.05) is 18.5 Å². The summed E-state index contributed by atoms with van der Waals surface area (Å²) in [6.45, 7) is 1.95. The van der Waals surface area contributed by atoms with E-state index in [1.807, 2.05) is 6.92 Å². The van der Waals surface area contributed by atoms with Crippen molar-refractivity contribution in [1.82, 2.24) is 4.98 Å². The minimum atomic E-state index is -0.529. The summed E-state index contributed by atoms with van der Waals surface area (Å²) in [6, 6.07) is 4.13. The minimum Gasteiger partial charge on any atom is -0.477 e. The molecule has 0 fully saturated rings. The average Bonchev–Trinajstić information content (AvgIpc) is 2.84. The number of aromatic nitrogens is 1. The number of nitrogens with zero attached hydrogens (tertiary/aromatic N) is 2. The van der Waals surface area contributed by atoms with E-state index in [4.69, 9.17) is 20.8 Å². The Bertz CT molecular complexity index is 597. The Morgan fingerprint density at radius 3 is 2.95 bits per heavy atom.